The number of ketones is 1. The first-order valence-electron chi connectivity index (χ1n) is 10.2. The zero-order valence-electron chi connectivity index (χ0n) is 17.5. The molecule has 0 saturated carbocycles. The van der Waals surface area contributed by atoms with Crippen LogP contribution in [0.25, 0.3) is 0 Å². The van der Waals surface area contributed by atoms with Crippen LogP contribution < -0.4 is 14.8 Å². The molecule has 1 aliphatic heterocycles. The molecular weight excluding hydrogens is 390 g/mol. The van der Waals surface area contributed by atoms with Crippen LogP contribution in [0, 0.1) is 34.0 Å². The molecule has 0 saturated heterocycles. The molecule has 1 heterocycles. The minimum atomic E-state index is -1.02. The molecule has 0 spiro atoms. The van der Waals surface area contributed by atoms with E-state index in [1.54, 1.807) is 18.2 Å². The number of hydrogen-bond acceptors (Lipinski definition) is 6. The summed E-state index contributed by atoms with van der Waals surface area (Å²) in [5, 5.41) is 22.9. The van der Waals surface area contributed by atoms with Crippen LogP contribution in [0.3, 0.4) is 0 Å². The van der Waals surface area contributed by atoms with Crippen molar-refractivity contribution in [2.45, 2.75) is 32.6 Å². The quantitative estimate of drug-likeness (QED) is 0.748. The molecule has 6 heteroatoms. The summed E-state index contributed by atoms with van der Waals surface area (Å²) in [5.41, 5.74) is 2.57. The van der Waals surface area contributed by atoms with E-state index in [-0.39, 0.29) is 18.0 Å². The Balaban J connectivity index is 1.88. The second-order valence-corrected chi connectivity index (χ2v) is 8.65. The number of anilines is 1. The number of rotatable bonds is 5. The predicted octanol–water partition coefficient (Wildman–Crippen LogP) is 4.92. The Bertz CT molecular complexity index is 1110. The van der Waals surface area contributed by atoms with Gasteiger partial charge in [-0.15, -0.1) is 0 Å². The number of ether oxygens (including phenoxy) is 2. The number of carbonyl (C=O) groups excluding carboxylic acids is 1. The van der Waals surface area contributed by atoms with E-state index in [1.807, 2.05) is 30.3 Å². The number of allylic oxidation sites excluding steroid dienone is 2. The third kappa shape index (κ3) is 4.11. The maximum Gasteiger partial charge on any atom is 0.231 e. The average molecular weight is 413 g/mol. The summed E-state index contributed by atoms with van der Waals surface area (Å²) in [6.45, 7) is 4.23. The van der Waals surface area contributed by atoms with Crippen LogP contribution in [0.1, 0.15) is 38.2 Å². The molecule has 1 N–H and O–H groups in total. The third-order valence-corrected chi connectivity index (χ3v) is 5.67. The minimum absolute atomic E-state index is 0.0483. The lowest BCUT2D eigenvalue weighted by molar-refractivity contribution is -0.118. The molecule has 31 heavy (non-hydrogen) atoms. The number of carbonyl (C=O) groups is 1. The Kier molecular flexibility index (Phi) is 5.40. The zero-order valence-corrected chi connectivity index (χ0v) is 17.5. The molecule has 0 aromatic heterocycles. The number of para-hydroxylation sites is 1. The monoisotopic (exact) mass is 413 g/mol. The number of Topliss-reactive ketones (excluding diaryl/α,β-unsaturated/α-hetero) is 1. The lowest BCUT2D eigenvalue weighted by Gasteiger charge is -2.36. The van der Waals surface area contributed by atoms with Gasteiger partial charge in [0.15, 0.2) is 17.3 Å². The lowest BCUT2D eigenvalue weighted by Crippen LogP contribution is -2.32. The topological polar surface area (TPSA) is 95.1 Å². The van der Waals surface area contributed by atoms with Crippen molar-refractivity contribution in [1.82, 2.24) is 0 Å². The molecule has 2 aliphatic rings. The van der Waals surface area contributed by atoms with Gasteiger partial charge in [0.2, 0.25) is 6.79 Å². The molecule has 2 aromatic carbocycles. The van der Waals surface area contributed by atoms with Gasteiger partial charge in [-0.3, -0.25) is 4.79 Å². The van der Waals surface area contributed by atoms with Gasteiger partial charge in [-0.05, 0) is 41.7 Å². The summed E-state index contributed by atoms with van der Waals surface area (Å²) in [4.78, 5) is 13.4. The highest BCUT2D eigenvalue weighted by Crippen LogP contribution is 2.46. The van der Waals surface area contributed by atoms with Crippen LogP contribution in [0.5, 0.6) is 11.5 Å². The first-order valence-corrected chi connectivity index (χ1v) is 10.2. The fraction of sp³-hybridized carbons (Fsp3) is 0.320. The number of fused-ring (bicyclic) bond motifs is 1. The number of nitrogens with zero attached hydrogens (tertiary/aromatic N) is 2. The fourth-order valence-corrected chi connectivity index (χ4v) is 4.31. The molecule has 1 atom stereocenters. The van der Waals surface area contributed by atoms with Crippen molar-refractivity contribution >= 4 is 11.5 Å². The van der Waals surface area contributed by atoms with Gasteiger partial charge in [0.05, 0.1) is 12.1 Å². The zero-order chi connectivity index (χ0) is 22.0. The van der Waals surface area contributed by atoms with Crippen LogP contribution in [-0.2, 0) is 4.79 Å². The summed E-state index contributed by atoms with van der Waals surface area (Å²) >= 11 is 0. The normalized spacial score (nSPS) is 17.8. The molecule has 1 unspecified atom stereocenters. The van der Waals surface area contributed by atoms with Gasteiger partial charge in [0.1, 0.15) is 5.92 Å². The Labute approximate surface area is 181 Å². The highest BCUT2D eigenvalue weighted by molar-refractivity contribution is 5.99. The maximum atomic E-state index is 13.4. The molecule has 4 rings (SSSR count). The van der Waals surface area contributed by atoms with Crippen molar-refractivity contribution in [3.05, 3.63) is 65.4 Å². The van der Waals surface area contributed by atoms with E-state index in [0.29, 0.717) is 35.5 Å². The highest BCUT2D eigenvalue weighted by Gasteiger charge is 2.40. The molecular formula is C25H23N3O3. The Morgan fingerprint density at radius 1 is 1.00 bits per heavy atom. The van der Waals surface area contributed by atoms with E-state index >= 15 is 0 Å². The van der Waals surface area contributed by atoms with Crippen LogP contribution in [0.4, 0.5) is 5.69 Å². The molecule has 2 aromatic rings. The van der Waals surface area contributed by atoms with Gasteiger partial charge in [-0.2, -0.15) is 10.5 Å². The summed E-state index contributed by atoms with van der Waals surface area (Å²) in [6, 6.07) is 19.1. The van der Waals surface area contributed by atoms with Crippen molar-refractivity contribution in [3.63, 3.8) is 0 Å². The van der Waals surface area contributed by atoms with E-state index in [1.165, 1.54) is 0 Å². The van der Waals surface area contributed by atoms with Crippen molar-refractivity contribution < 1.29 is 14.3 Å². The predicted molar refractivity (Wildman–Crippen MR) is 115 cm³/mol. The van der Waals surface area contributed by atoms with Crippen LogP contribution in [0.15, 0.2) is 59.8 Å². The van der Waals surface area contributed by atoms with Gasteiger partial charge in [0.25, 0.3) is 0 Å². The van der Waals surface area contributed by atoms with Gasteiger partial charge in [0, 0.05) is 29.3 Å². The molecule has 1 aliphatic carbocycles. The number of nitriles is 2. The van der Waals surface area contributed by atoms with E-state index in [4.69, 9.17) is 9.47 Å². The van der Waals surface area contributed by atoms with E-state index in [9.17, 15) is 15.3 Å². The summed E-state index contributed by atoms with van der Waals surface area (Å²) < 4.78 is 10.9. The molecule has 6 nitrogen and oxygen atoms in total. The first kappa shape index (κ1) is 20.5. The Morgan fingerprint density at radius 2 is 1.71 bits per heavy atom. The summed E-state index contributed by atoms with van der Waals surface area (Å²) in [6.07, 6.45) is 0.987. The molecule has 156 valence electrons. The summed E-state index contributed by atoms with van der Waals surface area (Å²) in [7, 11) is 0. The maximum absolute atomic E-state index is 13.4. The minimum Gasteiger partial charge on any atom is -0.454 e. The second kappa shape index (κ2) is 8.16. The largest absolute Gasteiger partial charge is 0.454 e. The SMILES string of the molecule is CC1(C)CC(=O)C(C(c2ccc3c(c2)OCO3)C(C#N)C#N)=C(Nc2ccccc2)C1. The van der Waals surface area contributed by atoms with Gasteiger partial charge < -0.3 is 14.8 Å². The average Bonchev–Trinajstić information content (AvgIpc) is 3.21. The third-order valence-electron chi connectivity index (χ3n) is 5.67. The van der Waals surface area contributed by atoms with E-state index in [2.05, 4.69) is 31.3 Å². The summed E-state index contributed by atoms with van der Waals surface area (Å²) in [5.74, 6) is -0.597. The van der Waals surface area contributed by atoms with Crippen molar-refractivity contribution in [1.29, 1.82) is 10.5 Å². The van der Waals surface area contributed by atoms with Crippen molar-refractivity contribution in [3.8, 4) is 23.6 Å². The van der Waals surface area contributed by atoms with E-state index in [0.717, 1.165) is 11.4 Å². The number of hydrogen-bond donors (Lipinski definition) is 1. The standard InChI is InChI=1S/C25H23N3O3/c1-25(2)11-19(28-18-6-4-3-5-7-18)24(20(29)12-25)23(17(13-26)14-27)16-8-9-21-22(10-16)31-15-30-21/h3-10,17,23,28H,11-12,15H2,1-2H3. The van der Waals surface area contributed by atoms with Crippen molar-refractivity contribution in [2.24, 2.45) is 11.3 Å². The Hall–Kier alpha value is -3.77. The lowest BCUT2D eigenvalue weighted by atomic mass is 9.69. The van der Waals surface area contributed by atoms with Crippen LogP contribution in [-0.4, -0.2) is 12.6 Å². The van der Waals surface area contributed by atoms with Crippen LogP contribution >= 0.6 is 0 Å². The van der Waals surface area contributed by atoms with Crippen molar-refractivity contribution in [2.75, 3.05) is 12.1 Å². The second-order valence-electron chi connectivity index (χ2n) is 8.65. The van der Waals surface area contributed by atoms with Crippen LogP contribution in [0.2, 0.25) is 0 Å². The first-order chi connectivity index (χ1) is 14.9. The smallest absolute Gasteiger partial charge is 0.231 e. The van der Waals surface area contributed by atoms with E-state index < -0.39 is 11.8 Å². The molecule has 0 radical (unpaired) electrons. The number of benzene rings is 2. The van der Waals surface area contributed by atoms with Gasteiger partial charge in [-0.1, -0.05) is 38.1 Å². The molecule has 0 amide bonds. The molecule has 0 fully saturated rings. The van der Waals surface area contributed by atoms with Gasteiger partial charge >= 0.3 is 0 Å². The fourth-order valence-electron chi connectivity index (χ4n) is 4.31. The molecule has 0 bridgehead atoms. The number of nitrogens with one attached hydrogen (secondary N) is 1. The Morgan fingerprint density at radius 3 is 2.42 bits per heavy atom. The van der Waals surface area contributed by atoms with Gasteiger partial charge in [-0.25, -0.2) is 0 Å². The highest BCUT2D eigenvalue weighted by atomic mass is 16.7.